The van der Waals surface area contributed by atoms with Crippen molar-refractivity contribution in [1.29, 1.82) is 0 Å². The van der Waals surface area contributed by atoms with E-state index in [1.807, 2.05) is 57.2 Å². The van der Waals surface area contributed by atoms with Crippen LogP contribution in [0.15, 0.2) is 131 Å². The molecule has 0 aliphatic heterocycles. The lowest BCUT2D eigenvalue weighted by atomic mass is 9.55. The normalized spacial score (nSPS) is 32.7. The summed E-state index contributed by atoms with van der Waals surface area (Å²) in [6.45, 7) is 33.5. The van der Waals surface area contributed by atoms with Gasteiger partial charge in [0.1, 0.15) is 18.5 Å². The second-order valence-electron chi connectivity index (χ2n) is 42.6. The van der Waals surface area contributed by atoms with Crippen molar-refractivity contribution in [2.45, 2.75) is 402 Å². The Hall–Kier alpha value is -5.13. The maximum Gasteiger partial charge on any atom is 0.438 e. The monoisotopic (exact) mass is 1870 g/mol. The molecule has 0 aromatic carbocycles. The molecule has 0 bridgehead atoms. The van der Waals surface area contributed by atoms with E-state index in [0.29, 0.717) is 117 Å². The third-order valence-corrected chi connectivity index (χ3v) is 30.9. The van der Waals surface area contributed by atoms with E-state index in [2.05, 4.69) is 46.4 Å². The average Bonchev–Trinajstić information content (AvgIpc) is 1.60. The van der Waals surface area contributed by atoms with E-state index in [1.54, 1.807) is 41.5 Å². The molecule has 30 heteroatoms. The summed E-state index contributed by atoms with van der Waals surface area (Å²) in [6.07, 6.45) is -12.5. The number of allylic oxidation sites excluding steroid dienone is 14. The highest BCUT2D eigenvalue weighted by atomic mass is 19.4. The van der Waals surface area contributed by atoms with Crippen molar-refractivity contribution in [2.75, 3.05) is 0 Å². The molecule has 0 radical (unpaired) electrons. The lowest BCUT2D eigenvalue weighted by Gasteiger charge is -2.49. The van der Waals surface area contributed by atoms with Crippen molar-refractivity contribution in [3.63, 3.8) is 0 Å². The van der Waals surface area contributed by atoms with Crippen LogP contribution in [0.4, 0.5) is 92.2 Å². The van der Waals surface area contributed by atoms with E-state index in [-0.39, 0.29) is 102 Å². The molecule has 0 aromatic rings. The van der Waals surface area contributed by atoms with Crippen LogP contribution < -0.4 is 0 Å². The van der Waals surface area contributed by atoms with Gasteiger partial charge in [-0.25, -0.2) is 13.2 Å². The third-order valence-electron chi connectivity index (χ3n) is 30.9. The maximum absolute atomic E-state index is 14.3. The summed E-state index contributed by atoms with van der Waals surface area (Å²) < 4.78 is 283. The largest absolute Gasteiger partial charge is 0.438 e. The van der Waals surface area contributed by atoms with Crippen LogP contribution in [0.25, 0.3) is 0 Å². The summed E-state index contributed by atoms with van der Waals surface area (Å²) in [5, 5.41) is 89.9. The van der Waals surface area contributed by atoms with Gasteiger partial charge < -0.3 is 46.0 Å². The first kappa shape index (κ1) is 111. The molecule has 9 N–H and O–H groups in total. The number of hydrogen-bond donors (Lipinski definition) is 9. The molecule has 9 aliphatic carbocycles. The van der Waals surface area contributed by atoms with Gasteiger partial charge in [0.05, 0.1) is 35.1 Å². The summed E-state index contributed by atoms with van der Waals surface area (Å²) in [5.41, 5.74) is -14.4. The van der Waals surface area contributed by atoms with Crippen molar-refractivity contribution in [3.05, 3.63) is 131 Å². The Kier molecular flexibility index (Phi) is 35.3. The Bertz CT molecular complexity index is 3960. The molecule has 18 atom stereocenters. The molecular formula is C99H139F21O9. The summed E-state index contributed by atoms with van der Waals surface area (Å²) >= 11 is 0. The van der Waals surface area contributed by atoms with Crippen LogP contribution in [-0.2, 0) is 0 Å². The lowest BCUT2D eigenvalue weighted by molar-refractivity contribution is -0.348. The molecule has 9 rings (SSSR count). The smallest absolute Gasteiger partial charge is 0.393 e. The molecule has 0 spiro atoms. The first-order valence-corrected chi connectivity index (χ1v) is 45.4. The van der Waals surface area contributed by atoms with Crippen LogP contribution >= 0.6 is 0 Å². The number of rotatable bonds is 25. The van der Waals surface area contributed by atoms with Crippen LogP contribution in [0.3, 0.4) is 0 Å². The SMILES string of the molecule is C=C1/C(=C\C=C2/CCC[C@@]3(C)C2CC[C@@H]3[C@@](C)(C/C=C/C(O)(C(F)(F)F)C(F)(F)F)CCCC(C)(C)O)CC(O)C[C@@H]1F.C=C1/C(=C\C=C2/CCC[C@@]3(C)C2CC[C@@H]3[C@@](C)(C/C=C\C(O)(C(F)(F)F)C(F)(F)F)CCCC(C)(C)O)CC(O)C[C@@H]1F.C=C1/C(=C\C=C2/CCC[C@@]3(C)C2CC[C@@H]3[C@@](C)(CC#CC(O)(C(F)(F)F)C(F)(F)F)CCCC(C)(C)O)CC(O)C[C@@H]1F. The second-order valence-corrected chi connectivity index (χ2v) is 42.6. The number of fused-ring (bicyclic) bond motifs is 3. The molecule has 0 heterocycles. The van der Waals surface area contributed by atoms with Crippen molar-refractivity contribution < 1.29 is 138 Å². The van der Waals surface area contributed by atoms with E-state index in [1.165, 1.54) is 11.1 Å². The second kappa shape index (κ2) is 41.0. The van der Waals surface area contributed by atoms with E-state index in [0.717, 1.165) is 114 Å². The van der Waals surface area contributed by atoms with Crippen LogP contribution in [0.2, 0.25) is 0 Å². The Morgan fingerprint density at radius 1 is 0.364 bits per heavy atom. The first-order chi connectivity index (χ1) is 58.6. The van der Waals surface area contributed by atoms with Crippen LogP contribution in [-0.4, -0.2) is 153 Å². The number of alkyl halides is 21. The number of halogens is 21. The molecule has 0 saturated heterocycles. The third kappa shape index (κ3) is 26.2. The molecular weight excluding hydrogens is 1730 g/mol. The molecule has 9 fully saturated rings. The number of aliphatic hydroxyl groups excluding tert-OH is 3. The summed E-state index contributed by atoms with van der Waals surface area (Å²) in [5.74, 6) is 3.45. The van der Waals surface area contributed by atoms with Crippen molar-refractivity contribution >= 4 is 0 Å². The molecule has 736 valence electrons. The Morgan fingerprint density at radius 3 is 0.868 bits per heavy atom. The molecule has 9 nitrogen and oxygen atoms in total. The molecule has 0 aromatic heterocycles. The van der Waals surface area contributed by atoms with Crippen molar-refractivity contribution in [2.24, 2.45) is 68.0 Å². The van der Waals surface area contributed by atoms with E-state index in [9.17, 15) is 138 Å². The fourth-order valence-electron chi connectivity index (χ4n) is 23.8. The minimum Gasteiger partial charge on any atom is -0.393 e. The van der Waals surface area contributed by atoms with E-state index >= 15 is 0 Å². The fraction of sp³-hybridized carbons (Fsp3) is 0.758. The molecule has 0 amide bonds. The average molecular weight is 1870 g/mol. The molecule has 129 heavy (non-hydrogen) atoms. The van der Waals surface area contributed by atoms with Crippen LogP contribution in [0, 0.1) is 79.8 Å². The van der Waals surface area contributed by atoms with Gasteiger partial charge in [0.15, 0.2) is 0 Å². The van der Waals surface area contributed by atoms with Crippen LogP contribution in [0.1, 0.15) is 295 Å². The zero-order valence-electron chi connectivity index (χ0n) is 76.6. The highest BCUT2D eigenvalue weighted by molar-refractivity contribution is 5.42. The van der Waals surface area contributed by atoms with Crippen LogP contribution in [0.5, 0.6) is 0 Å². The van der Waals surface area contributed by atoms with E-state index < -0.39 is 124 Å². The topological polar surface area (TPSA) is 182 Å². The van der Waals surface area contributed by atoms with E-state index in [4.69, 9.17) is 0 Å². The zero-order chi connectivity index (χ0) is 97.9. The molecule has 6 unspecified atom stereocenters. The first-order valence-electron chi connectivity index (χ1n) is 45.4. The zero-order valence-corrected chi connectivity index (χ0v) is 76.6. The van der Waals surface area contributed by atoms with Gasteiger partial charge in [-0.05, 0) is 328 Å². The fourth-order valence-corrected chi connectivity index (χ4v) is 23.8. The van der Waals surface area contributed by atoms with Gasteiger partial charge in [-0.1, -0.05) is 152 Å². The van der Waals surface area contributed by atoms with Crippen molar-refractivity contribution in [3.8, 4) is 11.8 Å². The minimum atomic E-state index is -6.01. The van der Waals surface area contributed by atoms with Crippen molar-refractivity contribution in [1.82, 2.24) is 0 Å². The van der Waals surface area contributed by atoms with Gasteiger partial charge in [-0.15, -0.1) is 0 Å². The van der Waals surface area contributed by atoms with Gasteiger partial charge in [-0.3, -0.25) is 0 Å². The predicted molar refractivity (Wildman–Crippen MR) is 457 cm³/mol. The summed E-state index contributed by atoms with van der Waals surface area (Å²) in [4.78, 5) is 0. The predicted octanol–water partition coefficient (Wildman–Crippen LogP) is 26.0. The van der Waals surface area contributed by atoms with Gasteiger partial charge in [0, 0.05) is 25.7 Å². The van der Waals surface area contributed by atoms with Gasteiger partial charge in [0.25, 0.3) is 11.2 Å². The number of aliphatic hydroxyl groups is 9. The highest BCUT2D eigenvalue weighted by Crippen LogP contribution is 2.68. The molecule has 9 aliphatic rings. The standard InChI is InChI=1S/2C33H47F7O3.C33H45F7O3/c3*1-21-23(19-24(41)20-26(21)34)11-10-22-9-6-17-30(5)25(22)12-13-27(30)29(4,15-7-14-28(2,3)42)16-8-18-31(43,32(35,36)37)33(38,39)40/h2*8,10-11,18,24-27,41-43H,1,6-7,9,12-17,19-20H2,2-5H3;10-11,24-27,41-43H,1,6-7,9,12-17,19-20H2,2-5H3/b18-8+,22-10+,23-11-;18-8-,22-10+,23-11-;22-10+,23-11-/t3*24?,25?,26-,27+,29+,30-/m000/s1. The minimum absolute atomic E-state index is 0.0212. The Morgan fingerprint density at radius 2 is 0.620 bits per heavy atom. The Labute approximate surface area is 748 Å². The summed E-state index contributed by atoms with van der Waals surface area (Å²) in [7, 11) is 0. The Balaban J connectivity index is 0.000000265. The van der Waals surface area contributed by atoms with Gasteiger partial charge in [0.2, 0.25) is 0 Å². The summed E-state index contributed by atoms with van der Waals surface area (Å²) in [6, 6.07) is 0. The quantitative estimate of drug-likeness (QED) is 0.0244. The van der Waals surface area contributed by atoms with Gasteiger partial charge >= 0.3 is 42.7 Å². The molecule has 9 saturated carbocycles. The maximum atomic E-state index is 14.3. The number of hydrogen-bond acceptors (Lipinski definition) is 9. The lowest BCUT2D eigenvalue weighted by Crippen LogP contribution is -2.55. The highest BCUT2D eigenvalue weighted by Gasteiger charge is 2.72. The van der Waals surface area contributed by atoms with Gasteiger partial charge in [-0.2, -0.15) is 79.0 Å².